The Hall–Kier alpha value is -0.620. The van der Waals surface area contributed by atoms with Crippen LogP contribution in [-0.4, -0.2) is 32.4 Å². The van der Waals surface area contributed by atoms with E-state index in [4.69, 9.17) is 5.73 Å². The van der Waals surface area contributed by atoms with Gasteiger partial charge in [-0.2, -0.15) is 4.31 Å². The van der Waals surface area contributed by atoms with Gasteiger partial charge in [0.05, 0.1) is 4.90 Å². The molecule has 1 heterocycles. The largest absolute Gasteiger partial charge is 0.330 e. The molecule has 1 aliphatic rings. The zero-order chi connectivity index (χ0) is 13.2. The number of nitrogens with zero attached hydrogens (tertiary/aromatic N) is 1. The van der Waals surface area contributed by atoms with Gasteiger partial charge in [0.25, 0.3) is 0 Å². The fourth-order valence-corrected chi connectivity index (χ4v) is 3.79. The minimum absolute atomic E-state index is 0. The zero-order valence-corrected chi connectivity index (χ0v) is 12.7. The third kappa shape index (κ3) is 3.48. The molecule has 0 amide bonds. The number of halogens is 1. The van der Waals surface area contributed by atoms with Gasteiger partial charge < -0.3 is 5.73 Å². The van der Waals surface area contributed by atoms with Crippen LogP contribution < -0.4 is 5.73 Å². The molecule has 6 heteroatoms. The molecule has 0 aromatic heterocycles. The van der Waals surface area contributed by atoms with Gasteiger partial charge in [-0.15, -0.1) is 12.4 Å². The summed E-state index contributed by atoms with van der Waals surface area (Å²) >= 11 is 0. The Morgan fingerprint density at radius 1 is 1.32 bits per heavy atom. The molecule has 0 spiro atoms. The van der Waals surface area contributed by atoms with Crippen LogP contribution in [0.4, 0.5) is 0 Å². The summed E-state index contributed by atoms with van der Waals surface area (Å²) in [7, 11) is -3.33. The van der Waals surface area contributed by atoms with Crippen LogP contribution in [0, 0.1) is 5.92 Å². The van der Waals surface area contributed by atoms with Crippen molar-refractivity contribution in [2.24, 2.45) is 11.7 Å². The Morgan fingerprint density at radius 2 is 1.95 bits per heavy atom. The zero-order valence-electron chi connectivity index (χ0n) is 11.1. The van der Waals surface area contributed by atoms with E-state index in [-0.39, 0.29) is 12.4 Å². The van der Waals surface area contributed by atoms with Gasteiger partial charge in [0, 0.05) is 13.1 Å². The van der Waals surface area contributed by atoms with E-state index in [1.807, 2.05) is 12.1 Å². The lowest BCUT2D eigenvalue weighted by Crippen LogP contribution is -2.30. The quantitative estimate of drug-likeness (QED) is 0.920. The predicted octanol–water partition coefficient (Wildman–Crippen LogP) is 1.64. The van der Waals surface area contributed by atoms with Crippen molar-refractivity contribution in [1.82, 2.24) is 4.31 Å². The monoisotopic (exact) mass is 304 g/mol. The second-order valence-electron chi connectivity index (χ2n) is 4.75. The Balaban J connectivity index is 0.00000180. The minimum atomic E-state index is -3.33. The maximum Gasteiger partial charge on any atom is 0.243 e. The maximum atomic E-state index is 12.4. The van der Waals surface area contributed by atoms with Crippen molar-refractivity contribution in [2.75, 3.05) is 19.6 Å². The Bertz CT molecular complexity index is 502. The molecule has 2 rings (SSSR count). The van der Waals surface area contributed by atoms with Crippen LogP contribution in [0.15, 0.2) is 29.2 Å². The summed E-state index contributed by atoms with van der Waals surface area (Å²) in [6.45, 7) is 3.74. The first-order chi connectivity index (χ1) is 8.57. The number of aryl methyl sites for hydroxylation is 1. The molecule has 4 nitrogen and oxygen atoms in total. The van der Waals surface area contributed by atoms with Crippen molar-refractivity contribution >= 4 is 22.4 Å². The number of hydrogen-bond acceptors (Lipinski definition) is 3. The van der Waals surface area contributed by atoms with Crippen LogP contribution in [0.2, 0.25) is 0 Å². The summed E-state index contributed by atoms with van der Waals surface area (Å²) in [5.41, 5.74) is 6.74. The highest BCUT2D eigenvalue weighted by molar-refractivity contribution is 7.89. The van der Waals surface area contributed by atoms with Crippen LogP contribution in [0.1, 0.15) is 18.9 Å². The minimum Gasteiger partial charge on any atom is -0.330 e. The molecule has 1 aromatic rings. The lowest BCUT2D eigenvalue weighted by molar-refractivity contribution is 0.459. The van der Waals surface area contributed by atoms with E-state index in [0.717, 1.165) is 18.4 Å². The van der Waals surface area contributed by atoms with Crippen LogP contribution >= 0.6 is 12.4 Å². The number of hydrogen-bond donors (Lipinski definition) is 1. The topological polar surface area (TPSA) is 63.4 Å². The van der Waals surface area contributed by atoms with Crippen molar-refractivity contribution in [3.05, 3.63) is 29.8 Å². The highest BCUT2D eigenvalue weighted by atomic mass is 35.5. The van der Waals surface area contributed by atoms with Gasteiger partial charge in [0.15, 0.2) is 0 Å². The molecule has 1 fully saturated rings. The molecule has 0 saturated carbocycles. The molecule has 19 heavy (non-hydrogen) atoms. The van der Waals surface area contributed by atoms with E-state index in [2.05, 4.69) is 6.92 Å². The van der Waals surface area contributed by atoms with E-state index in [1.54, 1.807) is 16.4 Å². The maximum absolute atomic E-state index is 12.4. The first-order valence-corrected chi connectivity index (χ1v) is 7.81. The molecule has 0 aliphatic carbocycles. The Labute approximate surface area is 121 Å². The van der Waals surface area contributed by atoms with Crippen LogP contribution in [-0.2, 0) is 16.4 Å². The molecule has 108 valence electrons. The van der Waals surface area contributed by atoms with Crippen molar-refractivity contribution in [2.45, 2.75) is 24.7 Å². The number of sulfonamides is 1. The van der Waals surface area contributed by atoms with Crippen molar-refractivity contribution in [3.8, 4) is 0 Å². The van der Waals surface area contributed by atoms with Gasteiger partial charge in [0.1, 0.15) is 0 Å². The molecule has 0 radical (unpaired) electrons. The number of benzene rings is 1. The highest BCUT2D eigenvalue weighted by Crippen LogP contribution is 2.23. The molecule has 1 aromatic carbocycles. The third-order valence-electron chi connectivity index (χ3n) is 3.55. The molecule has 0 bridgehead atoms. The molecule has 1 atom stereocenters. The second-order valence-corrected chi connectivity index (χ2v) is 6.69. The Kier molecular flexibility index (Phi) is 5.80. The van der Waals surface area contributed by atoms with Crippen LogP contribution in [0.5, 0.6) is 0 Å². The lowest BCUT2D eigenvalue weighted by atomic mass is 10.1. The molecular formula is C13H21ClN2O2S. The standard InChI is InChI=1S/C13H20N2O2S.ClH/c1-2-11-3-5-13(6-4-11)18(16,17)15-8-7-12(9-14)10-15;/h3-6,12H,2,7-10,14H2,1H3;1H. The summed E-state index contributed by atoms with van der Waals surface area (Å²) in [5.74, 6) is 0.301. The smallest absolute Gasteiger partial charge is 0.243 e. The Morgan fingerprint density at radius 3 is 2.42 bits per heavy atom. The predicted molar refractivity (Wildman–Crippen MR) is 79.0 cm³/mol. The first-order valence-electron chi connectivity index (χ1n) is 6.37. The van der Waals surface area contributed by atoms with Crippen molar-refractivity contribution in [3.63, 3.8) is 0 Å². The average Bonchev–Trinajstić information content (AvgIpc) is 2.88. The van der Waals surface area contributed by atoms with E-state index >= 15 is 0 Å². The van der Waals surface area contributed by atoms with Gasteiger partial charge in [-0.1, -0.05) is 19.1 Å². The van der Waals surface area contributed by atoms with Gasteiger partial charge in [-0.3, -0.25) is 0 Å². The van der Waals surface area contributed by atoms with Crippen LogP contribution in [0.25, 0.3) is 0 Å². The van der Waals surface area contributed by atoms with Crippen molar-refractivity contribution in [1.29, 1.82) is 0 Å². The number of nitrogens with two attached hydrogens (primary N) is 1. The van der Waals surface area contributed by atoms with Gasteiger partial charge in [-0.25, -0.2) is 8.42 Å². The van der Waals surface area contributed by atoms with Crippen molar-refractivity contribution < 1.29 is 8.42 Å². The summed E-state index contributed by atoms with van der Waals surface area (Å²) in [4.78, 5) is 0.386. The first kappa shape index (κ1) is 16.4. The van der Waals surface area contributed by atoms with Gasteiger partial charge in [0.2, 0.25) is 10.0 Å². The lowest BCUT2D eigenvalue weighted by Gasteiger charge is -2.16. The summed E-state index contributed by atoms with van der Waals surface area (Å²) in [5, 5.41) is 0. The third-order valence-corrected chi connectivity index (χ3v) is 5.43. The van der Waals surface area contributed by atoms with Gasteiger partial charge in [-0.05, 0) is 43.0 Å². The molecular weight excluding hydrogens is 284 g/mol. The molecule has 2 N–H and O–H groups in total. The van der Waals surface area contributed by atoms with E-state index in [0.29, 0.717) is 30.4 Å². The average molecular weight is 305 g/mol. The normalized spacial score (nSPS) is 20.2. The highest BCUT2D eigenvalue weighted by Gasteiger charge is 2.31. The fourth-order valence-electron chi connectivity index (χ4n) is 2.25. The number of rotatable bonds is 4. The molecule has 1 unspecified atom stereocenters. The summed E-state index contributed by atoms with van der Waals surface area (Å²) < 4.78 is 26.3. The summed E-state index contributed by atoms with van der Waals surface area (Å²) in [6, 6.07) is 7.15. The van der Waals surface area contributed by atoms with E-state index in [1.165, 1.54) is 0 Å². The second kappa shape index (κ2) is 6.70. The molecule has 1 aliphatic heterocycles. The fraction of sp³-hybridized carbons (Fsp3) is 0.538. The van der Waals surface area contributed by atoms with E-state index in [9.17, 15) is 8.42 Å². The van der Waals surface area contributed by atoms with E-state index < -0.39 is 10.0 Å². The molecule has 1 saturated heterocycles. The summed E-state index contributed by atoms with van der Waals surface area (Å²) in [6.07, 6.45) is 1.78. The van der Waals surface area contributed by atoms with Gasteiger partial charge >= 0.3 is 0 Å². The van der Waals surface area contributed by atoms with Crippen LogP contribution in [0.3, 0.4) is 0 Å². The SMILES string of the molecule is CCc1ccc(S(=O)(=O)N2CCC(CN)C2)cc1.Cl.